The van der Waals surface area contributed by atoms with Crippen LogP contribution in [-0.4, -0.2) is 29.3 Å². The molecule has 0 aliphatic rings. The molecule has 0 unspecified atom stereocenters. The monoisotopic (exact) mass is 439 g/mol. The number of sulfonamides is 2. The lowest BCUT2D eigenvalue weighted by atomic mass is 10.1. The Kier molecular flexibility index (Phi) is 7.91. The van der Waals surface area contributed by atoms with E-state index in [1.807, 2.05) is 6.92 Å². The van der Waals surface area contributed by atoms with Crippen LogP contribution in [0, 0.1) is 0 Å². The lowest BCUT2D eigenvalue weighted by molar-refractivity contribution is -0.121. The first kappa shape index (κ1) is 23.0. The lowest BCUT2D eigenvalue weighted by Crippen LogP contribution is -2.24. The molecule has 0 aliphatic carbocycles. The topological polar surface area (TPSA) is 135 Å². The average molecular weight is 440 g/mol. The Bertz CT molecular complexity index is 1030. The number of aryl methyl sites for hydroxylation is 1. The highest BCUT2D eigenvalue weighted by atomic mass is 32.2. The van der Waals surface area contributed by atoms with Crippen LogP contribution in [0.1, 0.15) is 30.9 Å². The zero-order chi connectivity index (χ0) is 21.5. The second-order valence-corrected chi connectivity index (χ2v) is 9.84. The number of carbonyl (C=O) groups is 1. The molecule has 2 aromatic rings. The van der Waals surface area contributed by atoms with Crippen molar-refractivity contribution in [2.24, 2.45) is 5.14 Å². The summed E-state index contributed by atoms with van der Waals surface area (Å²) in [5.41, 5.74) is 1.60. The Morgan fingerprint density at radius 3 is 2.00 bits per heavy atom. The van der Waals surface area contributed by atoms with E-state index in [9.17, 15) is 21.6 Å². The molecule has 0 radical (unpaired) electrons. The maximum atomic E-state index is 12.0. The van der Waals surface area contributed by atoms with E-state index in [-0.39, 0.29) is 28.7 Å². The van der Waals surface area contributed by atoms with Crippen LogP contribution < -0.4 is 15.2 Å². The number of carbonyl (C=O) groups excluding carboxylic acids is 1. The average Bonchev–Trinajstić information content (AvgIpc) is 2.69. The van der Waals surface area contributed by atoms with Gasteiger partial charge < -0.3 is 5.32 Å². The van der Waals surface area contributed by atoms with Crippen LogP contribution in [0.15, 0.2) is 58.3 Å². The van der Waals surface area contributed by atoms with Gasteiger partial charge in [0.15, 0.2) is 0 Å². The second kappa shape index (κ2) is 9.97. The molecule has 0 heterocycles. The zero-order valence-corrected chi connectivity index (χ0v) is 17.7. The summed E-state index contributed by atoms with van der Waals surface area (Å²) in [4.78, 5) is 12.2. The SMILES string of the molecule is CCCNS(=O)(=O)c1ccc(CCC(=O)NCc2ccc(S(N)(=O)=O)cc2)cc1. The van der Waals surface area contributed by atoms with Gasteiger partial charge in [0.1, 0.15) is 0 Å². The van der Waals surface area contributed by atoms with Crippen molar-refractivity contribution in [1.82, 2.24) is 10.0 Å². The van der Waals surface area contributed by atoms with E-state index < -0.39 is 20.0 Å². The number of hydrogen-bond acceptors (Lipinski definition) is 5. The van der Waals surface area contributed by atoms with Crippen molar-refractivity contribution in [3.05, 3.63) is 59.7 Å². The van der Waals surface area contributed by atoms with E-state index >= 15 is 0 Å². The maximum absolute atomic E-state index is 12.0. The Morgan fingerprint density at radius 1 is 0.897 bits per heavy atom. The Balaban J connectivity index is 1.83. The summed E-state index contributed by atoms with van der Waals surface area (Å²) >= 11 is 0. The molecule has 8 nitrogen and oxygen atoms in total. The summed E-state index contributed by atoms with van der Waals surface area (Å²) in [5.74, 6) is -0.165. The summed E-state index contributed by atoms with van der Waals surface area (Å²) in [6.07, 6.45) is 1.43. The Hall–Kier alpha value is -2.27. The van der Waals surface area contributed by atoms with Crippen molar-refractivity contribution in [3.8, 4) is 0 Å². The van der Waals surface area contributed by atoms with Gasteiger partial charge >= 0.3 is 0 Å². The first-order valence-electron chi connectivity index (χ1n) is 9.09. The molecule has 29 heavy (non-hydrogen) atoms. The third kappa shape index (κ3) is 7.24. The highest BCUT2D eigenvalue weighted by Crippen LogP contribution is 2.12. The lowest BCUT2D eigenvalue weighted by Gasteiger charge is -2.08. The normalized spacial score (nSPS) is 11.9. The molecule has 158 valence electrons. The molecule has 0 fully saturated rings. The van der Waals surface area contributed by atoms with Gasteiger partial charge in [-0.05, 0) is 48.2 Å². The maximum Gasteiger partial charge on any atom is 0.240 e. The second-order valence-electron chi connectivity index (χ2n) is 6.51. The van der Waals surface area contributed by atoms with Crippen LogP contribution in [0.5, 0.6) is 0 Å². The van der Waals surface area contributed by atoms with Crippen LogP contribution in [0.25, 0.3) is 0 Å². The largest absolute Gasteiger partial charge is 0.352 e. The molecule has 2 aromatic carbocycles. The predicted molar refractivity (Wildman–Crippen MR) is 110 cm³/mol. The van der Waals surface area contributed by atoms with E-state index in [1.165, 1.54) is 24.3 Å². The molecule has 0 aromatic heterocycles. The standard InChI is InChI=1S/C19H25N3O5S2/c1-2-13-22-29(26,27)18-10-3-15(4-11-18)7-12-19(23)21-14-16-5-8-17(9-6-16)28(20,24)25/h3-6,8-11,22H,2,7,12-14H2,1H3,(H,21,23)(H2,20,24,25). The number of hydrogen-bond donors (Lipinski definition) is 3. The first-order chi connectivity index (χ1) is 13.6. The van der Waals surface area contributed by atoms with Crippen LogP contribution in [0.4, 0.5) is 0 Å². The smallest absolute Gasteiger partial charge is 0.240 e. The fourth-order valence-corrected chi connectivity index (χ4v) is 4.15. The molecule has 0 saturated heterocycles. The zero-order valence-electron chi connectivity index (χ0n) is 16.1. The van der Waals surface area contributed by atoms with Gasteiger partial charge in [-0.15, -0.1) is 0 Å². The van der Waals surface area contributed by atoms with E-state index in [4.69, 9.17) is 5.14 Å². The highest BCUT2D eigenvalue weighted by Gasteiger charge is 2.13. The predicted octanol–water partition coefficient (Wildman–Crippen LogP) is 1.27. The van der Waals surface area contributed by atoms with E-state index in [0.29, 0.717) is 19.4 Å². The summed E-state index contributed by atoms with van der Waals surface area (Å²) in [6.45, 7) is 2.54. The van der Waals surface area contributed by atoms with Gasteiger partial charge in [0.2, 0.25) is 26.0 Å². The highest BCUT2D eigenvalue weighted by molar-refractivity contribution is 7.89. The molecule has 0 atom stereocenters. The number of amides is 1. The summed E-state index contributed by atoms with van der Waals surface area (Å²) in [5, 5.41) is 7.80. The number of benzene rings is 2. The Morgan fingerprint density at radius 2 is 1.45 bits per heavy atom. The van der Waals surface area contributed by atoms with Gasteiger partial charge in [-0.25, -0.2) is 26.7 Å². The van der Waals surface area contributed by atoms with Crippen molar-refractivity contribution >= 4 is 26.0 Å². The quantitative estimate of drug-likeness (QED) is 0.512. The molecule has 1 amide bonds. The van der Waals surface area contributed by atoms with Gasteiger partial charge in [0.05, 0.1) is 9.79 Å². The van der Waals surface area contributed by atoms with Crippen LogP contribution >= 0.6 is 0 Å². The fraction of sp³-hybridized carbons (Fsp3) is 0.316. The summed E-state index contributed by atoms with van der Waals surface area (Å²) < 4.78 is 49.1. The van der Waals surface area contributed by atoms with Crippen LogP contribution in [-0.2, 0) is 37.8 Å². The minimum Gasteiger partial charge on any atom is -0.352 e. The van der Waals surface area contributed by atoms with E-state index in [1.54, 1.807) is 24.3 Å². The Labute approximate surface area is 171 Å². The van der Waals surface area contributed by atoms with E-state index in [0.717, 1.165) is 11.1 Å². The van der Waals surface area contributed by atoms with Gasteiger partial charge in [-0.3, -0.25) is 4.79 Å². The van der Waals surface area contributed by atoms with Crippen LogP contribution in [0.3, 0.4) is 0 Å². The van der Waals surface area contributed by atoms with Crippen molar-refractivity contribution in [2.75, 3.05) is 6.54 Å². The molecule has 0 aliphatic heterocycles. The van der Waals surface area contributed by atoms with E-state index in [2.05, 4.69) is 10.0 Å². The summed E-state index contributed by atoms with van der Waals surface area (Å²) in [7, 11) is -7.23. The number of rotatable bonds is 10. The minimum atomic E-state index is -3.74. The summed E-state index contributed by atoms with van der Waals surface area (Å²) in [6, 6.07) is 12.4. The third-order valence-electron chi connectivity index (χ3n) is 4.16. The van der Waals surface area contributed by atoms with Gasteiger partial charge in [-0.1, -0.05) is 31.2 Å². The minimum absolute atomic E-state index is 0.0166. The molecule has 4 N–H and O–H groups in total. The fourth-order valence-electron chi connectivity index (χ4n) is 2.50. The van der Waals surface area contributed by atoms with Gasteiger partial charge in [0, 0.05) is 19.5 Å². The molecular formula is C19H25N3O5S2. The number of nitrogens with one attached hydrogen (secondary N) is 2. The third-order valence-corrected chi connectivity index (χ3v) is 6.56. The number of primary sulfonamides is 1. The molecule has 0 saturated carbocycles. The van der Waals surface area contributed by atoms with Gasteiger partial charge in [0.25, 0.3) is 0 Å². The van der Waals surface area contributed by atoms with Gasteiger partial charge in [-0.2, -0.15) is 0 Å². The van der Waals surface area contributed by atoms with Crippen molar-refractivity contribution in [2.45, 2.75) is 42.5 Å². The molecule has 2 rings (SSSR count). The first-order valence-corrected chi connectivity index (χ1v) is 12.1. The molecule has 10 heteroatoms. The molecule has 0 bridgehead atoms. The van der Waals surface area contributed by atoms with Crippen molar-refractivity contribution < 1.29 is 21.6 Å². The van der Waals surface area contributed by atoms with Crippen LogP contribution in [0.2, 0.25) is 0 Å². The number of nitrogens with two attached hydrogens (primary N) is 1. The van der Waals surface area contributed by atoms with Crippen molar-refractivity contribution in [3.63, 3.8) is 0 Å². The molecular weight excluding hydrogens is 414 g/mol. The van der Waals surface area contributed by atoms with Crippen molar-refractivity contribution in [1.29, 1.82) is 0 Å². The molecule has 0 spiro atoms.